The maximum absolute atomic E-state index is 13.6. The zero-order chi connectivity index (χ0) is 22.2. The van der Waals surface area contributed by atoms with Gasteiger partial charge in [-0.05, 0) is 37.1 Å². The normalized spacial score (nSPS) is 11.1. The lowest BCUT2D eigenvalue weighted by atomic mass is 10.1. The lowest BCUT2D eigenvalue weighted by molar-refractivity contribution is 0.369. The monoisotopic (exact) mass is 556 g/mol. The summed E-state index contributed by atoms with van der Waals surface area (Å²) >= 11 is 0. The number of hydrogen-bond acceptors (Lipinski definition) is 4. The average Bonchev–Trinajstić information content (AvgIpc) is 3.18. The van der Waals surface area contributed by atoms with Crippen LogP contribution in [0.2, 0.25) is 0 Å². The predicted octanol–water partition coefficient (Wildman–Crippen LogP) is 4.25. The summed E-state index contributed by atoms with van der Waals surface area (Å²) in [6, 6.07) is 8.39. The molecule has 32 heavy (non-hydrogen) atoms. The highest BCUT2D eigenvalue weighted by atomic mass is 127. The molecule has 0 aliphatic rings. The molecule has 0 aliphatic carbocycles. The van der Waals surface area contributed by atoms with Crippen LogP contribution in [0.15, 0.2) is 41.5 Å². The van der Waals surface area contributed by atoms with Crippen molar-refractivity contribution >= 4 is 40.8 Å². The Bertz CT molecular complexity index is 1030. The number of rotatable bonds is 9. The molecule has 0 atom stereocenters. The molecule has 1 heterocycles. The number of nitrogens with one attached hydrogen (secondary N) is 3. The molecule has 0 unspecified atom stereocenters. The lowest BCUT2D eigenvalue weighted by Gasteiger charge is -2.15. The minimum atomic E-state index is -0.237. The zero-order valence-electron chi connectivity index (χ0n) is 18.8. The smallest absolute Gasteiger partial charge is 0.191 e. The number of benzene rings is 2. The van der Waals surface area contributed by atoms with Gasteiger partial charge in [-0.3, -0.25) is 0 Å². The Morgan fingerprint density at radius 2 is 1.75 bits per heavy atom. The van der Waals surface area contributed by atoms with Crippen molar-refractivity contribution in [3.05, 3.63) is 53.5 Å². The van der Waals surface area contributed by atoms with Crippen LogP contribution in [0.25, 0.3) is 10.9 Å². The molecular formula is C23H30FIN4O3. The number of H-pyrrole nitrogens is 1. The maximum atomic E-state index is 13.6. The Morgan fingerprint density at radius 3 is 2.38 bits per heavy atom. The van der Waals surface area contributed by atoms with Gasteiger partial charge in [0, 0.05) is 42.3 Å². The van der Waals surface area contributed by atoms with E-state index in [1.807, 2.05) is 25.3 Å². The first kappa shape index (κ1) is 25.6. The third-order valence-electron chi connectivity index (χ3n) is 4.97. The number of nitrogens with zero attached hydrogens (tertiary/aromatic N) is 1. The Morgan fingerprint density at radius 1 is 1.03 bits per heavy atom. The third kappa shape index (κ3) is 6.18. The molecule has 0 amide bonds. The topological polar surface area (TPSA) is 79.9 Å². The van der Waals surface area contributed by atoms with Crippen LogP contribution in [0, 0.1) is 5.82 Å². The molecule has 1 aromatic heterocycles. The summed E-state index contributed by atoms with van der Waals surface area (Å²) in [5.41, 5.74) is 2.81. The summed E-state index contributed by atoms with van der Waals surface area (Å²) in [6.07, 6.45) is 2.64. The summed E-state index contributed by atoms with van der Waals surface area (Å²) in [4.78, 5) is 7.86. The fraction of sp³-hybridized carbons (Fsp3) is 0.348. The van der Waals surface area contributed by atoms with Gasteiger partial charge in [0.15, 0.2) is 5.96 Å². The summed E-state index contributed by atoms with van der Waals surface area (Å²) in [5.74, 6) is 2.39. The van der Waals surface area contributed by atoms with Crippen molar-refractivity contribution in [2.45, 2.75) is 19.9 Å². The van der Waals surface area contributed by atoms with E-state index in [2.05, 4.69) is 20.6 Å². The van der Waals surface area contributed by atoms with E-state index >= 15 is 0 Å². The number of guanidine groups is 1. The predicted molar refractivity (Wildman–Crippen MR) is 136 cm³/mol. The second kappa shape index (κ2) is 12.4. The fourth-order valence-corrected chi connectivity index (χ4v) is 3.41. The maximum Gasteiger partial charge on any atom is 0.191 e. The quantitative estimate of drug-likeness (QED) is 0.209. The lowest BCUT2D eigenvalue weighted by Crippen LogP contribution is -2.38. The van der Waals surface area contributed by atoms with Crippen molar-refractivity contribution in [2.24, 2.45) is 4.99 Å². The molecule has 0 aliphatic heterocycles. The molecule has 0 saturated heterocycles. The first-order valence-electron chi connectivity index (χ1n) is 10.2. The summed E-state index contributed by atoms with van der Waals surface area (Å²) in [6.45, 7) is 3.74. The van der Waals surface area contributed by atoms with Crippen LogP contribution >= 0.6 is 24.0 Å². The van der Waals surface area contributed by atoms with Gasteiger partial charge in [-0.25, -0.2) is 9.38 Å². The first-order chi connectivity index (χ1) is 15.1. The van der Waals surface area contributed by atoms with Gasteiger partial charge in [-0.2, -0.15) is 0 Å². The second-order valence-electron chi connectivity index (χ2n) is 6.89. The molecule has 0 bridgehead atoms. The van der Waals surface area contributed by atoms with E-state index in [0.29, 0.717) is 36.3 Å². The van der Waals surface area contributed by atoms with Crippen molar-refractivity contribution in [2.75, 3.05) is 34.4 Å². The number of aromatic nitrogens is 1. The van der Waals surface area contributed by atoms with Crippen molar-refractivity contribution < 1.29 is 18.6 Å². The molecule has 0 fully saturated rings. The van der Waals surface area contributed by atoms with E-state index in [0.717, 1.165) is 35.0 Å². The SMILES string of the molecule is CCNC(=NCc1c(OC)cc(OC)cc1OC)NCCc1c[nH]c2ccc(F)cc12.I. The minimum Gasteiger partial charge on any atom is -0.496 e. The van der Waals surface area contributed by atoms with Gasteiger partial charge in [0.25, 0.3) is 0 Å². The minimum absolute atomic E-state index is 0. The molecule has 3 rings (SSSR count). The molecule has 0 radical (unpaired) electrons. The van der Waals surface area contributed by atoms with Crippen molar-refractivity contribution in [1.29, 1.82) is 0 Å². The number of hydrogen-bond donors (Lipinski definition) is 3. The van der Waals surface area contributed by atoms with Gasteiger partial charge in [0.1, 0.15) is 23.1 Å². The number of halogens is 2. The van der Waals surface area contributed by atoms with Crippen LogP contribution in [-0.4, -0.2) is 45.4 Å². The summed E-state index contributed by atoms with van der Waals surface area (Å²) in [7, 11) is 4.81. The first-order valence-corrected chi connectivity index (χ1v) is 10.2. The fourth-order valence-electron chi connectivity index (χ4n) is 3.41. The van der Waals surface area contributed by atoms with Gasteiger partial charge < -0.3 is 29.8 Å². The summed E-state index contributed by atoms with van der Waals surface area (Å²) < 4.78 is 29.9. The molecule has 0 saturated carbocycles. The number of ether oxygens (including phenoxy) is 3. The van der Waals surface area contributed by atoms with Crippen molar-refractivity contribution in [3.8, 4) is 17.2 Å². The number of fused-ring (bicyclic) bond motifs is 1. The van der Waals surface area contributed by atoms with Gasteiger partial charge in [0.2, 0.25) is 0 Å². The number of aromatic amines is 1. The van der Waals surface area contributed by atoms with Crippen LogP contribution in [0.5, 0.6) is 17.2 Å². The van der Waals surface area contributed by atoms with Crippen molar-refractivity contribution in [3.63, 3.8) is 0 Å². The molecule has 9 heteroatoms. The molecule has 0 spiro atoms. The van der Waals surface area contributed by atoms with Crippen molar-refractivity contribution in [1.82, 2.24) is 15.6 Å². The van der Waals surface area contributed by atoms with Crippen LogP contribution in [-0.2, 0) is 13.0 Å². The summed E-state index contributed by atoms with van der Waals surface area (Å²) in [5, 5.41) is 7.47. The van der Waals surface area contributed by atoms with E-state index in [-0.39, 0.29) is 29.8 Å². The van der Waals surface area contributed by atoms with E-state index in [9.17, 15) is 4.39 Å². The number of aliphatic imine (C=N–C) groups is 1. The highest BCUT2D eigenvalue weighted by Gasteiger charge is 2.13. The van der Waals surface area contributed by atoms with Gasteiger partial charge in [-0.15, -0.1) is 24.0 Å². The molecule has 3 aromatic rings. The second-order valence-corrected chi connectivity index (χ2v) is 6.89. The Kier molecular flexibility index (Phi) is 9.89. The highest BCUT2D eigenvalue weighted by Crippen LogP contribution is 2.34. The Balaban J connectivity index is 0.00000363. The standard InChI is InChI=1S/C23H29FN4O3.HI/c1-5-25-23(26-9-8-15-13-27-20-7-6-16(24)10-18(15)20)28-14-19-21(30-3)11-17(29-2)12-22(19)31-4;/h6-7,10-13,27H,5,8-9,14H2,1-4H3,(H2,25,26,28);1H. The Labute approximate surface area is 204 Å². The molecule has 7 nitrogen and oxygen atoms in total. The molecule has 2 aromatic carbocycles. The molecule has 174 valence electrons. The third-order valence-corrected chi connectivity index (χ3v) is 4.97. The average molecular weight is 556 g/mol. The van der Waals surface area contributed by atoms with E-state index < -0.39 is 0 Å². The molecular weight excluding hydrogens is 526 g/mol. The Hall–Kier alpha value is -2.69. The van der Waals surface area contributed by atoms with Gasteiger partial charge in [0.05, 0.1) is 33.4 Å². The van der Waals surface area contributed by atoms with Crippen LogP contribution < -0.4 is 24.8 Å². The van der Waals surface area contributed by atoms with Crippen LogP contribution in [0.1, 0.15) is 18.1 Å². The number of methoxy groups -OCH3 is 3. The van der Waals surface area contributed by atoms with E-state index in [4.69, 9.17) is 14.2 Å². The zero-order valence-corrected chi connectivity index (χ0v) is 21.1. The molecule has 3 N–H and O–H groups in total. The van der Waals surface area contributed by atoms with Crippen LogP contribution in [0.3, 0.4) is 0 Å². The van der Waals surface area contributed by atoms with E-state index in [1.165, 1.54) is 6.07 Å². The van der Waals surface area contributed by atoms with Crippen LogP contribution in [0.4, 0.5) is 4.39 Å². The largest absolute Gasteiger partial charge is 0.496 e. The van der Waals surface area contributed by atoms with Gasteiger partial charge in [-0.1, -0.05) is 0 Å². The highest BCUT2D eigenvalue weighted by molar-refractivity contribution is 14.0. The van der Waals surface area contributed by atoms with E-state index in [1.54, 1.807) is 33.5 Å². The van der Waals surface area contributed by atoms with Gasteiger partial charge >= 0.3 is 0 Å².